The molecule has 0 spiro atoms. The number of nitrogens with zero attached hydrogens (tertiary/aromatic N) is 1. The number of aromatic nitrogens is 2. The minimum Gasteiger partial charge on any atom is -0.310 e. The number of aromatic amines is 1. The van der Waals surface area contributed by atoms with E-state index in [1.54, 1.807) is 0 Å². The molecule has 0 bridgehead atoms. The number of carbonyl (C=O) groups is 1. The molecule has 148 valence electrons. The molecular formula is C22H20ClN3O2S. The number of benzene rings is 2. The van der Waals surface area contributed by atoms with Crippen LogP contribution in [0.1, 0.15) is 40.2 Å². The highest BCUT2D eigenvalue weighted by atomic mass is 35.5. The zero-order valence-corrected chi connectivity index (χ0v) is 17.7. The molecule has 1 atom stereocenters. The number of aryl methyl sites for hydroxylation is 2. The Morgan fingerprint density at radius 1 is 1.14 bits per heavy atom. The lowest BCUT2D eigenvalue weighted by Gasteiger charge is -2.26. The van der Waals surface area contributed by atoms with Crippen molar-refractivity contribution < 1.29 is 4.79 Å². The summed E-state index contributed by atoms with van der Waals surface area (Å²) in [5, 5.41) is 3.94. The zero-order chi connectivity index (χ0) is 20.5. The van der Waals surface area contributed by atoms with E-state index in [1.165, 1.54) is 11.8 Å². The van der Waals surface area contributed by atoms with E-state index in [1.807, 2.05) is 56.3 Å². The fourth-order valence-electron chi connectivity index (χ4n) is 3.55. The summed E-state index contributed by atoms with van der Waals surface area (Å²) in [6.45, 7) is 4.00. The van der Waals surface area contributed by atoms with Gasteiger partial charge in [-0.15, -0.1) is 0 Å². The lowest BCUT2D eigenvalue weighted by Crippen LogP contribution is -2.31. The average Bonchev–Trinajstić information content (AvgIpc) is 2.68. The van der Waals surface area contributed by atoms with Crippen LogP contribution in [-0.2, 0) is 10.5 Å². The van der Waals surface area contributed by atoms with Gasteiger partial charge in [-0.05, 0) is 42.7 Å². The van der Waals surface area contributed by atoms with Crippen LogP contribution in [0.5, 0.6) is 0 Å². The summed E-state index contributed by atoms with van der Waals surface area (Å²) in [5.41, 5.74) is 4.53. The van der Waals surface area contributed by atoms with Crippen LogP contribution in [0.25, 0.3) is 0 Å². The minimum atomic E-state index is -0.301. The van der Waals surface area contributed by atoms with Crippen molar-refractivity contribution >= 4 is 35.1 Å². The van der Waals surface area contributed by atoms with Gasteiger partial charge in [-0.3, -0.25) is 9.59 Å². The monoisotopic (exact) mass is 425 g/mol. The second-order valence-corrected chi connectivity index (χ2v) is 8.61. The van der Waals surface area contributed by atoms with Crippen LogP contribution >= 0.6 is 23.4 Å². The molecule has 0 unspecified atom stereocenters. The molecule has 1 amide bonds. The number of hydrogen-bond acceptors (Lipinski definition) is 4. The summed E-state index contributed by atoms with van der Waals surface area (Å²) in [5.74, 6) is 0.558. The number of H-pyrrole nitrogens is 1. The van der Waals surface area contributed by atoms with E-state index in [2.05, 4.69) is 15.3 Å². The normalized spacial score (nSPS) is 15.7. The van der Waals surface area contributed by atoms with Gasteiger partial charge in [0.2, 0.25) is 5.91 Å². The third kappa shape index (κ3) is 4.23. The van der Waals surface area contributed by atoms with Gasteiger partial charge < -0.3 is 10.3 Å². The predicted octanol–water partition coefficient (Wildman–Crippen LogP) is 4.81. The molecule has 2 N–H and O–H groups in total. The highest BCUT2D eigenvalue weighted by molar-refractivity contribution is 7.98. The number of amides is 1. The summed E-state index contributed by atoms with van der Waals surface area (Å²) in [7, 11) is 0. The van der Waals surface area contributed by atoms with E-state index in [4.69, 9.17) is 11.6 Å². The molecular weight excluding hydrogens is 406 g/mol. The Balaban J connectivity index is 1.67. The topological polar surface area (TPSA) is 74.8 Å². The van der Waals surface area contributed by atoms with Gasteiger partial charge in [0.1, 0.15) is 5.82 Å². The molecule has 0 saturated heterocycles. The molecule has 1 aliphatic rings. The van der Waals surface area contributed by atoms with E-state index < -0.39 is 0 Å². The van der Waals surface area contributed by atoms with Crippen molar-refractivity contribution in [3.05, 3.63) is 85.7 Å². The fourth-order valence-corrected chi connectivity index (χ4v) is 4.49. The quantitative estimate of drug-likeness (QED) is 0.464. The lowest BCUT2D eigenvalue weighted by atomic mass is 9.84. The molecule has 29 heavy (non-hydrogen) atoms. The van der Waals surface area contributed by atoms with Gasteiger partial charge in [0.05, 0.1) is 5.56 Å². The largest absolute Gasteiger partial charge is 0.310 e. The summed E-state index contributed by atoms with van der Waals surface area (Å²) < 4.78 is 0. The van der Waals surface area contributed by atoms with Crippen LogP contribution in [0.4, 0.5) is 5.82 Å². The Morgan fingerprint density at radius 3 is 2.66 bits per heavy atom. The van der Waals surface area contributed by atoms with Crippen LogP contribution in [0.15, 0.2) is 52.4 Å². The predicted molar refractivity (Wildman–Crippen MR) is 117 cm³/mol. The third-order valence-electron chi connectivity index (χ3n) is 5.03. The van der Waals surface area contributed by atoms with Gasteiger partial charge in [-0.25, -0.2) is 4.98 Å². The molecule has 1 aliphatic heterocycles. The standard InChI is InChI=1S/C22H20ClN3O2S/c1-12-3-4-13(2)16(9-12)17-10-18(27)24-20-19(17)21(28)26-22(25-20)29-11-14-5-7-15(23)8-6-14/h3-9,17H,10-11H2,1-2H3,(H2,24,25,26,27,28)/t17-/m1/s1. The molecule has 5 nitrogen and oxygen atoms in total. The van der Waals surface area contributed by atoms with E-state index in [9.17, 15) is 9.59 Å². The summed E-state index contributed by atoms with van der Waals surface area (Å²) in [6.07, 6.45) is 0.235. The van der Waals surface area contributed by atoms with E-state index in [-0.39, 0.29) is 23.8 Å². The first-order valence-corrected chi connectivity index (χ1v) is 10.7. The van der Waals surface area contributed by atoms with Gasteiger partial charge in [0, 0.05) is 23.1 Å². The van der Waals surface area contributed by atoms with Crippen molar-refractivity contribution in [2.75, 3.05) is 5.32 Å². The fraction of sp³-hybridized carbons (Fsp3) is 0.227. The zero-order valence-electron chi connectivity index (χ0n) is 16.1. The van der Waals surface area contributed by atoms with Crippen LogP contribution in [0, 0.1) is 13.8 Å². The van der Waals surface area contributed by atoms with Crippen LogP contribution < -0.4 is 10.9 Å². The van der Waals surface area contributed by atoms with Gasteiger partial charge in [-0.2, -0.15) is 0 Å². The highest BCUT2D eigenvalue weighted by Gasteiger charge is 2.31. The number of thioether (sulfide) groups is 1. The number of carbonyl (C=O) groups excluding carboxylic acids is 1. The highest BCUT2D eigenvalue weighted by Crippen LogP contribution is 2.36. The Morgan fingerprint density at radius 2 is 1.90 bits per heavy atom. The van der Waals surface area contributed by atoms with Crippen LogP contribution in [0.3, 0.4) is 0 Å². The second kappa shape index (κ2) is 8.05. The maximum atomic E-state index is 12.9. The number of rotatable bonds is 4. The molecule has 0 aliphatic carbocycles. The molecule has 3 aromatic rings. The summed E-state index contributed by atoms with van der Waals surface area (Å²) in [4.78, 5) is 32.7. The van der Waals surface area contributed by atoms with Crippen molar-refractivity contribution in [1.29, 1.82) is 0 Å². The smallest absolute Gasteiger partial charge is 0.257 e. The molecule has 4 rings (SSSR count). The third-order valence-corrected chi connectivity index (χ3v) is 6.22. The van der Waals surface area contributed by atoms with Gasteiger partial charge >= 0.3 is 0 Å². The average molecular weight is 426 g/mol. The van der Waals surface area contributed by atoms with E-state index >= 15 is 0 Å². The molecule has 0 radical (unpaired) electrons. The first-order chi connectivity index (χ1) is 13.9. The molecule has 0 fully saturated rings. The summed E-state index contributed by atoms with van der Waals surface area (Å²) >= 11 is 7.33. The van der Waals surface area contributed by atoms with Gasteiger partial charge in [0.15, 0.2) is 5.16 Å². The van der Waals surface area contributed by atoms with Crippen molar-refractivity contribution in [3.63, 3.8) is 0 Å². The Labute approximate surface area is 177 Å². The van der Waals surface area contributed by atoms with Gasteiger partial charge in [-0.1, -0.05) is 59.3 Å². The Kier molecular flexibility index (Phi) is 5.48. The van der Waals surface area contributed by atoms with Crippen molar-refractivity contribution in [2.45, 2.75) is 37.1 Å². The van der Waals surface area contributed by atoms with Crippen molar-refractivity contribution in [1.82, 2.24) is 9.97 Å². The minimum absolute atomic E-state index is 0.129. The number of halogens is 1. The van der Waals surface area contributed by atoms with Gasteiger partial charge in [0.25, 0.3) is 5.56 Å². The first-order valence-electron chi connectivity index (χ1n) is 9.29. The molecule has 7 heteroatoms. The SMILES string of the molecule is Cc1ccc(C)c([C@H]2CC(=O)Nc3nc(SCc4ccc(Cl)cc4)[nH]c(=O)c32)c1. The summed E-state index contributed by atoms with van der Waals surface area (Å²) in [6, 6.07) is 13.6. The van der Waals surface area contributed by atoms with Crippen molar-refractivity contribution in [3.8, 4) is 0 Å². The number of nitrogens with one attached hydrogen (secondary N) is 2. The molecule has 2 heterocycles. The van der Waals surface area contributed by atoms with Crippen molar-refractivity contribution in [2.24, 2.45) is 0 Å². The maximum absolute atomic E-state index is 12.9. The molecule has 2 aromatic carbocycles. The number of anilines is 1. The van der Waals surface area contributed by atoms with Crippen LogP contribution in [0.2, 0.25) is 5.02 Å². The molecule has 0 saturated carbocycles. The van der Waals surface area contributed by atoms with E-state index in [0.717, 1.165) is 22.3 Å². The molecule has 1 aromatic heterocycles. The second-order valence-electron chi connectivity index (χ2n) is 7.21. The Bertz CT molecular complexity index is 1140. The number of fused-ring (bicyclic) bond motifs is 1. The number of hydrogen-bond donors (Lipinski definition) is 2. The Hall–Kier alpha value is -2.57. The first kappa shape index (κ1) is 19.7. The maximum Gasteiger partial charge on any atom is 0.257 e. The lowest BCUT2D eigenvalue weighted by molar-refractivity contribution is -0.116. The van der Waals surface area contributed by atoms with E-state index in [0.29, 0.717) is 27.3 Å². The van der Waals surface area contributed by atoms with Crippen LogP contribution in [-0.4, -0.2) is 15.9 Å².